The molecule has 0 saturated heterocycles. The molecule has 4 nitrogen and oxygen atoms in total. The van der Waals surface area contributed by atoms with Crippen molar-refractivity contribution in [3.05, 3.63) is 29.6 Å². The van der Waals surface area contributed by atoms with Crippen molar-refractivity contribution in [2.45, 2.75) is 27.3 Å². The molecule has 84 valence electrons. The largest absolute Gasteiger partial charge is 0.398 e. The van der Waals surface area contributed by atoms with E-state index in [1.807, 2.05) is 32.0 Å². The minimum atomic E-state index is 0.752. The molecular weight excluding hydrogens is 200 g/mol. The molecule has 0 saturated carbocycles. The van der Waals surface area contributed by atoms with Crippen LogP contribution in [-0.4, -0.2) is 14.8 Å². The predicted octanol–water partition coefficient (Wildman–Crippen LogP) is 2.16. The van der Waals surface area contributed by atoms with Gasteiger partial charge in [0.15, 0.2) is 5.82 Å². The molecule has 16 heavy (non-hydrogen) atoms. The van der Waals surface area contributed by atoms with Crippen molar-refractivity contribution in [1.82, 2.24) is 14.8 Å². The lowest BCUT2D eigenvalue weighted by molar-refractivity contribution is 0.736. The van der Waals surface area contributed by atoms with Gasteiger partial charge in [-0.3, -0.25) is 0 Å². The molecule has 0 radical (unpaired) electrons. The minimum absolute atomic E-state index is 0.752. The Hall–Kier alpha value is -1.84. The number of nitrogen functional groups attached to an aromatic ring is 1. The fourth-order valence-corrected chi connectivity index (χ4v) is 1.94. The molecule has 0 atom stereocenters. The zero-order valence-corrected chi connectivity index (χ0v) is 9.86. The van der Waals surface area contributed by atoms with E-state index in [1.54, 1.807) is 0 Å². The first-order valence-corrected chi connectivity index (χ1v) is 5.40. The molecule has 0 aliphatic carbocycles. The van der Waals surface area contributed by atoms with Crippen LogP contribution < -0.4 is 5.73 Å². The molecule has 2 N–H and O–H groups in total. The van der Waals surface area contributed by atoms with Crippen LogP contribution in [0.5, 0.6) is 0 Å². The van der Waals surface area contributed by atoms with Crippen molar-refractivity contribution in [2.75, 3.05) is 5.73 Å². The Labute approximate surface area is 95.1 Å². The maximum Gasteiger partial charge on any atom is 0.166 e. The molecule has 0 fully saturated rings. The van der Waals surface area contributed by atoms with Gasteiger partial charge >= 0.3 is 0 Å². The zero-order valence-electron chi connectivity index (χ0n) is 9.86. The van der Waals surface area contributed by atoms with Gasteiger partial charge in [-0.05, 0) is 32.4 Å². The van der Waals surface area contributed by atoms with E-state index in [4.69, 9.17) is 5.73 Å². The average Bonchev–Trinajstić information content (AvgIpc) is 2.59. The molecule has 0 unspecified atom stereocenters. The molecule has 2 aromatic rings. The quantitative estimate of drug-likeness (QED) is 0.783. The Morgan fingerprint density at radius 2 is 2.00 bits per heavy atom. The number of aryl methyl sites for hydroxylation is 2. The molecule has 0 aliphatic heterocycles. The molecule has 1 heterocycles. The smallest absolute Gasteiger partial charge is 0.166 e. The third-order valence-electron chi connectivity index (χ3n) is 2.78. The summed E-state index contributed by atoms with van der Waals surface area (Å²) in [5, 5.41) is 8.31. The third-order valence-corrected chi connectivity index (χ3v) is 2.78. The molecule has 4 heteroatoms. The summed E-state index contributed by atoms with van der Waals surface area (Å²) in [7, 11) is 0. The maximum absolute atomic E-state index is 6.01. The van der Waals surface area contributed by atoms with Crippen LogP contribution in [0.2, 0.25) is 0 Å². The van der Waals surface area contributed by atoms with Crippen LogP contribution in [-0.2, 0) is 6.54 Å². The molecule has 0 spiro atoms. The van der Waals surface area contributed by atoms with Crippen LogP contribution in [0.1, 0.15) is 18.3 Å². The molecule has 1 aromatic carbocycles. The number of rotatable bonds is 2. The highest BCUT2D eigenvalue weighted by Crippen LogP contribution is 2.28. The van der Waals surface area contributed by atoms with Crippen molar-refractivity contribution in [3.8, 4) is 11.4 Å². The van der Waals surface area contributed by atoms with Gasteiger partial charge in [0, 0.05) is 17.8 Å². The Kier molecular flexibility index (Phi) is 2.64. The Morgan fingerprint density at radius 1 is 1.25 bits per heavy atom. The summed E-state index contributed by atoms with van der Waals surface area (Å²) in [5.74, 6) is 1.77. The predicted molar refractivity (Wildman–Crippen MR) is 65.0 cm³/mol. The Morgan fingerprint density at radius 3 is 2.62 bits per heavy atom. The molecular formula is C12H16N4. The second-order valence-electron chi connectivity index (χ2n) is 3.85. The van der Waals surface area contributed by atoms with E-state index >= 15 is 0 Å². The van der Waals surface area contributed by atoms with Crippen molar-refractivity contribution >= 4 is 5.69 Å². The highest BCUT2D eigenvalue weighted by molar-refractivity contribution is 5.75. The minimum Gasteiger partial charge on any atom is -0.398 e. The van der Waals surface area contributed by atoms with Gasteiger partial charge in [0.25, 0.3) is 0 Å². The van der Waals surface area contributed by atoms with Gasteiger partial charge in [-0.25, -0.2) is 0 Å². The summed E-state index contributed by atoms with van der Waals surface area (Å²) in [6.45, 7) is 6.92. The average molecular weight is 216 g/mol. The lowest BCUT2D eigenvalue weighted by Crippen LogP contribution is -2.03. The van der Waals surface area contributed by atoms with E-state index < -0.39 is 0 Å². The van der Waals surface area contributed by atoms with Gasteiger partial charge < -0.3 is 10.3 Å². The number of hydrogen-bond acceptors (Lipinski definition) is 3. The number of benzene rings is 1. The van der Waals surface area contributed by atoms with Crippen molar-refractivity contribution in [2.24, 2.45) is 0 Å². The second kappa shape index (κ2) is 3.96. The molecule has 2 rings (SSSR count). The lowest BCUT2D eigenvalue weighted by atomic mass is 10.1. The number of nitrogens with zero attached hydrogens (tertiary/aromatic N) is 3. The normalized spacial score (nSPS) is 10.7. The third kappa shape index (κ3) is 1.56. The summed E-state index contributed by atoms with van der Waals surface area (Å²) in [6, 6.07) is 5.88. The van der Waals surface area contributed by atoms with Crippen LogP contribution in [0.4, 0.5) is 5.69 Å². The van der Waals surface area contributed by atoms with Crippen LogP contribution in [0.15, 0.2) is 18.2 Å². The van der Waals surface area contributed by atoms with Gasteiger partial charge in [-0.1, -0.05) is 12.1 Å². The zero-order chi connectivity index (χ0) is 11.7. The fourth-order valence-electron chi connectivity index (χ4n) is 1.94. The fraction of sp³-hybridized carbons (Fsp3) is 0.333. The second-order valence-corrected chi connectivity index (χ2v) is 3.85. The summed E-state index contributed by atoms with van der Waals surface area (Å²) >= 11 is 0. The Balaban J connectivity index is 2.67. The maximum atomic E-state index is 6.01. The summed E-state index contributed by atoms with van der Waals surface area (Å²) in [5.41, 5.74) is 8.87. The summed E-state index contributed by atoms with van der Waals surface area (Å²) < 4.78 is 2.07. The van der Waals surface area contributed by atoms with E-state index in [0.29, 0.717) is 0 Å². The molecule has 0 aliphatic rings. The van der Waals surface area contributed by atoms with E-state index in [1.165, 1.54) is 0 Å². The molecule has 0 amide bonds. The number of anilines is 1. The summed E-state index contributed by atoms with van der Waals surface area (Å²) in [4.78, 5) is 0. The van der Waals surface area contributed by atoms with Crippen molar-refractivity contribution in [3.63, 3.8) is 0 Å². The van der Waals surface area contributed by atoms with E-state index in [0.717, 1.165) is 35.0 Å². The topological polar surface area (TPSA) is 56.7 Å². The van der Waals surface area contributed by atoms with Crippen LogP contribution in [0, 0.1) is 13.8 Å². The molecule has 1 aromatic heterocycles. The summed E-state index contributed by atoms with van der Waals surface area (Å²) in [6.07, 6.45) is 0. The van der Waals surface area contributed by atoms with Crippen LogP contribution in [0.25, 0.3) is 11.4 Å². The van der Waals surface area contributed by atoms with Crippen molar-refractivity contribution < 1.29 is 0 Å². The van der Waals surface area contributed by atoms with Gasteiger partial charge in [0.1, 0.15) is 5.82 Å². The van der Waals surface area contributed by atoms with Gasteiger partial charge in [0.05, 0.1) is 0 Å². The van der Waals surface area contributed by atoms with Crippen LogP contribution >= 0.6 is 0 Å². The number of nitrogens with two attached hydrogens (primary N) is 1. The van der Waals surface area contributed by atoms with E-state index in [9.17, 15) is 0 Å². The van der Waals surface area contributed by atoms with Gasteiger partial charge in [-0.15, -0.1) is 10.2 Å². The standard InChI is InChI=1S/C12H16N4/c1-4-16-9(3)14-15-12(16)11-8(2)6-5-7-10(11)13/h5-7H,4,13H2,1-3H3. The monoisotopic (exact) mass is 216 g/mol. The first-order valence-electron chi connectivity index (χ1n) is 5.40. The van der Waals surface area contributed by atoms with E-state index in [-0.39, 0.29) is 0 Å². The van der Waals surface area contributed by atoms with Crippen molar-refractivity contribution in [1.29, 1.82) is 0 Å². The van der Waals surface area contributed by atoms with Gasteiger partial charge in [0.2, 0.25) is 0 Å². The number of hydrogen-bond donors (Lipinski definition) is 1. The first kappa shape index (κ1) is 10.7. The van der Waals surface area contributed by atoms with Crippen LogP contribution in [0.3, 0.4) is 0 Å². The van der Waals surface area contributed by atoms with Gasteiger partial charge in [-0.2, -0.15) is 0 Å². The number of aromatic nitrogens is 3. The highest BCUT2D eigenvalue weighted by Gasteiger charge is 2.14. The molecule has 0 bridgehead atoms. The first-order chi connectivity index (χ1) is 7.65. The Bertz CT molecular complexity index is 493. The highest BCUT2D eigenvalue weighted by atomic mass is 15.3. The van der Waals surface area contributed by atoms with E-state index in [2.05, 4.69) is 21.7 Å². The lowest BCUT2D eigenvalue weighted by Gasteiger charge is -2.10. The SMILES string of the molecule is CCn1c(C)nnc1-c1c(C)cccc1N.